The van der Waals surface area contributed by atoms with Gasteiger partial charge in [-0.05, 0) is 49.5 Å². The van der Waals surface area contributed by atoms with Crippen molar-refractivity contribution in [2.45, 2.75) is 70.9 Å². The predicted molar refractivity (Wildman–Crippen MR) is 72.2 cm³/mol. The van der Waals surface area contributed by atoms with Gasteiger partial charge in [-0.3, -0.25) is 0 Å². The standard InChI is InChI=1S/C16H26O2/c1-11(2)13-8-12(3)9-15(10-13)18-16-6-4-14(17-16)5-7-16/h4,6,11-15H,5,7-10H2,1-3H3. The zero-order valence-corrected chi connectivity index (χ0v) is 11.9. The highest BCUT2D eigenvalue weighted by molar-refractivity contribution is 5.13. The Hall–Kier alpha value is -0.340. The second-order valence-corrected chi connectivity index (χ2v) is 6.92. The van der Waals surface area contributed by atoms with Gasteiger partial charge in [0.1, 0.15) is 0 Å². The van der Waals surface area contributed by atoms with E-state index in [9.17, 15) is 0 Å². The SMILES string of the molecule is CC1CC(OC23C=CC(CC2)O3)CC(C(C)C)C1. The molecule has 0 aromatic heterocycles. The van der Waals surface area contributed by atoms with Crippen molar-refractivity contribution in [3.63, 3.8) is 0 Å². The van der Waals surface area contributed by atoms with Crippen molar-refractivity contribution in [2.24, 2.45) is 17.8 Å². The highest BCUT2D eigenvalue weighted by Crippen LogP contribution is 2.43. The van der Waals surface area contributed by atoms with Gasteiger partial charge in [-0.15, -0.1) is 0 Å². The van der Waals surface area contributed by atoms with Gasteiger partial charge in [0.2, 0.25) is 0 Å². The van der Waals surface area contributed by atoms with E-state index >= 15 is 0 Å². The molecule has 0 amide bonds. The van der Waals surface area contributed by atoms with Crippen LogP contribution in [0, 0.1) is 17.8 Å². The molecule has 2 fully saturated rings. The van der Waals surface area contributed by atoms with Gasteiger partial charge in [-0.2, -0.15) is 0 Å². The second kappa shape index (κ2) is 4.64. The van der Waals surface area contributed by atoms with Crippen LogP contribution < -0.4 is 0 Å². The van der Waals surface area contributed by atoms with Crippen molar-refractivity contribution in [2.75, 3.05) is 0 Å². The molecule has 0 radical (unpaired) electrons. The van der Waals surface area contributed by atoms with E-state index in [0.29, 0.717) is 12.2 Å². The van der Waals surface area contributed by atoms with Gasteiger partial charge < -0.3 is 9.47 Å². The first-order valence-electron chi connectivity index (χ1n) is 7.61. The molecule has 102 valence electrons. The number of hydrogen-bond donors (Lipinski definition) is 0. The molecule has 5 atom stereocenters. The van der Waals surface area contributed by atoms with Gasteiger partial charge >= 0.3 is 0 Å². The molecular formula is C16H26O2. The molecule has 2 heterocycles. The van der Waals surface area contributed by atoms with Crippen LogP contribution in [-0.2, 0) is 9.47 Å². The number of ether oxygens (including phenoxy) is 2. The van der Waals surface area contributed by atoms with Crippen molar-refractivity contribution >= 4 is 0 Å². The second-order valence-electron chi connectivity index (χ2n) is 6.92. The van der Waals surface area contributed by atoms with E-state index in [-0.39, 0.29) is 5.79 Å². The van der Waals surface area contributed by atoms with E-state index in [1.807, 2.05) is 0 Å². The Bertz CT molecular complexity index is 336. The maximum atomic E-state index is 6.37. The largest absolute Gasteiger partial charge is 0.343 e. The third kappa shape index (κ3) is 2.37. The Morgan fingerprint density at radius 1 is 1.28 bits per heavy atom. The van der Waals surface area contributed by atoms with Crippen LogP contribution in [0.25, 0.3) is 0 Å². The van der Waals surface area contributed by atoms with Crippen LogP contribution in [0.5, 0.6) is 0 Å². The Labute approximate surface area is 111 Å². The molecule has 0 N–H and O–H groups in total. The zero-order valence-electron chi connectivity index (χ0n) is 11.9. The Balaban J connectivity index is 1.64. The highest BCUT2D eigenvalue weighted by Gasteiger charge is 2.45. The van der Waals surface area contributed by atoms with Gasteiger partial charge in [-0.1, -0.05) is 26.8 Å². The average Bonchev–Trinajstić information content (AvgIpc) is 2.87. The first-order chi connectivity index (χ1) is 8.56. The van der Waals surface area contributed by atoms with Crippen molar-refractivity contribution in [3.8, 4) is 0 Å². The minimum Gasteiger partial charge on any atom is -0.343 e. The average molecular weight is 250 g/mol. The molecule has 1 aliphatic carbocycles. The van der Waals surface area contributed by atoms with Gasteiger partial charge in [0.05, 0.1) is 12.2 Å². The summed E-state index contributed by atoms with van der Waals surface area (Å²) in [4.78, 5) is 0. The van der Waals surface area contributed by atoms with Crippen molar-refractivity contribution in [3.05, 3.63) is 12.2 Å². The van der Waals surface area contributed by atoms with Gasteiger partial charge in [0, 0.05) is 6.42 Å². The van der Waals surface area contributed by atoms with E-state index in [1.165, 1.54) is 19.3 Å². The smallest absolute Gasteiger partial charge is 0.188 e. The van der Waals surface area contributed by atoms with Crippen LogP contribution in [-0.4, -0.2) is 18.0 Å². The molecule has 0 aromatic rings. The summed E-state index contributed by atoms with van der Waals surface area (Å²) in [6.45, 7) is 7.05. The van der Waals surface area contributed by atoms with Gasteiger partial charge in [-0.25, -0.2) is 0 Å². The summed E-state index contributed by atoms with van der Waals surface area (Å²) in [5.74, 6) is 2.02. The normalized spacial score (nSPS) is 47.1. The topological polar surface area (TPSA) is 18.5 Å². The van der Waals surface area contributed by atoms with E-state index in [4.69, 9.17) is 9.47 Å². The Morgan fingerprint density at radius 3 is 2.67 bits per heavy atom. The van der Waals surface area contributed by atoms with E-state index in [2.05, 4.69) is 32.9 Å². The van der Waals surface area contributed by atoms with Crippen LogP contribution in [0.2, 0.25) is 0 Å². The fourth-order valence-corrected chi connectivity index (χ4v) is 3.87. The van der Waals surface area contributed by atoms with Crippen LogP contribution in [0.4, 0.5) is 0 Å². The van der Waals surface area contributed by atoms with Crippen molar-refractivity contribution in [1.82, 2.24) is 0 Å². The highest BCUT2D eigenvalue weighted by atomic mass is 16.7. The molecule has 1 saturated heterocycles. The van der Waals surface area contributed by atoms with Gasteiger partial charge in [0.25, 0.3) is 0 Å². The number of fused-ring (bicyclic) bond motifs is 2. The zero-order chi connectivity index (χ0) is 12.8. The summed E-state index contributed by atoms with van der Waals surface area (Å²) in [6, 6.07) is 0. The quantitative estimate of drug-likeness (QED) is 0.707. The lowest BCUT2D eigenvalue weighted by atomic mass is 9.75. The van der Waals surface area contributed by atoms with Crippen LogP contribution in [0.3, 0.4) is 0 Å². The van der Waals surface area contributed by atoms with Crippen LogP contribution in [0.1, 0.15) is 52.9 Å². The Kier molecular flexibility index (Phi) is 3.27. The molecule has 2 bridgehead atoms. The molecule has 5 unspecified atom stereocenters. The number of rotatable bonds is 3. The maximum absolute atomic E-state index is 6.37. The first kappa shape index (κ1) is 12.7. The fraction of sp³-hybridized carbons (Fsp3) is 0.875. The Morgan fingerprint density at radius 2 is 2.11 bits per heavy atom. The molecule has 1 saturated carbocycles. The molecule has 0 aromatic carbocycles. The molecule has 3 rings (SSSR count). The first-order valence-corrected chi connectivity index (χ1v) is 7.61. The third-order valence-electron chi connectivity index (χ3n) is 4.94. The lowest BCUT2D eigenvalue weighted by Gasteiger charge is -2.38. The summed E-state index contributed by atoms with van der Waals surface area (Å²) in [6.07, 6.45) is 11.0. The van der Waals surface area contributed by atoms with E-state index < -0.39 is 0 Å². The van der Waals surface area contributed by atoms with Crippen LogP contribution >= 0.6 is 0 Å². The summed E-state index contributed by atoms with van der Waals surface area (Å²) >= 11 is 0. The summed E-state index contributed by atoms with van der Waals surface area (Å²) in [5, 5.41) is 0. The lowest BCUT2D eigenvalue weighted by Crippen LogP contribution is -2.38. The van der Waals surface area contributed by atoms with E-state index in [1.54, 1.807) is 0 Å². The molecule has 3 aliphatic rings. The molecule has 0 spiro atoms. The molecular weight excluding hydrogens is 224 g/mol. The predicted octanol–water partition coefficient (Wildman–Crippen LogP) is 3.91. The van der Waals surface area contributed by atoms with Crippen molar-refractivity contribution in [1.29, 1.82) is 0 Å². The summed E-state index contributed by atoms with van der Waals surface area (Å²) in [7, 11) is 0. The van der Waals surface area contributed by atoms with Crippen LogP contribution in [0.15, 0.2) is 12.2 Å². The third-order valence-corrected chi connectivity index (χ3v) is 4.94. The lowest BCUT2D eigenvalue weighted by molar-refractivity contribution is -0.215. The van der Waals surface area contributed by atoms with Crippen molar-refractivity contribution < 1.29 is 9.47 Å². The summed E-state index contributed by atoms with van der Waals surface area (Å²) < 4.78 is 12.3. The molecule has 2 nitrogen and oxygen atoms in total. The maximum Gasteiger partial charge on any atom is 0.188 e. The molecule has 18 heavy (non-hydrogen) atoms. The molecule has 2 aliphatic heterocycles. The number of hydrogen-bond acceptors (Lipinski definition) is 2. The fourth-order valence-electron chi connectivity index (χ4n) is 3.87. The van der Waals surface area contributed by atoms with E-state index in [0.717, 1.165) is 30.6 Å². The summed E-state index contributed by atoms with van der Waals surface area (Å²) in [5.41, 5.74) is 0. The minimum atomic E-state index is -0.353. The monoisotopic (exact) mass is 250 g/mol. The molecule has 2 heteroatoms. The minimum absolute atomic E-state index is 0.326. The van der Waals surface area contributed by atoms with Gasteiger partial charge in [0.15, 0.2) is 5.79 Å².